The second kappa shape index (κ2) is 9.62. The summed E-state index contributed by atoms with van der Waals surface area (Å²) >= 11 is 1.38. The van der Waals surface area contributed by atoms with Crippen LogP contribution < -0.4 is 0 Å². The fourth-order valence-electron chi connectivity index (χ4n) is 3.78. The number of aromatic nitrogens is 3. The van der Waals surface area contributed by atoms with Gasteiger partial charge in [0.1, 0.15) is 5.82 Å². The lowest BCUT2D eigenvalue weighted by atomic mass is 10.1. The molecule has 31 heavy (non-hydrogen) atoms. The van der Waals surface area contributed by atoms with Gasteiger partial charge in [-0.1, -0.05) is 30.0 Å². The Kier molecular flexibility index (Phi) is 6.67. The van der Waals surface area contributed by atoms with E-state index in [4.69, 9.17) is 0 Å². The van der Waals surface area contributed by atoms with Crippen molar-refractivity contribution in [2.75, 3.05) is 32.9 Å². The first-order valence-corrected chi connectivity index (χ1v) is 11.4. The molecule has 1 fully saturated rings. The van der Waals surface area contributed by atoms with E-state index in [9.17, 15) is 9.18 Å². The molecule has 2 heterocycles. The van der Waals surface area contributed by atoms with Gasteiger partial charge in [-0.2, -0.15) is 0 Å². The highest BCUT2D eigenvalue weighted by Crippen LogP contribution is 2.28. The van der Waals surface area contributed by atoms with Crippen LogP contribution in [0.2, 0.25) is 0 Å². The predicted octanol–water partition coefficient (Wildman–Crippen LogP) is 3.72. The molecule has 8 heteroatoms. The lowest BCUT2D eigenvalue weighted by Gasteiger charge is -2.36. The van der Waals surface area contributed by atoms with E-state index in [-0.39, 0.29) is 11.7 Å². The minimum Gasteiger partial charge on any atom is -0.340 e. The Morgan fingerprint density at radius 2 is 1.87 bits per heavy atom. The molecule has 1 amide bonds. The van der Waals surface area contributed by atoms with Crippen molar-refractivity contribution in [1.82, 2.24) is 24.6 Å². The first-order chi connectivity index (χ1) is 15.0. The number of carbonyl (C=O) groups excluding carboxylic acids is 1. The van der Waals surface area contributed by atoms with Crippen LogP contribution in [0.3, 0.4) is 0 Å². The Morgan fingerprint density at radius 3 is 2.58 bits per heavy atom. The lowest BCUT2D eigenvalue weighted by molar-refractivity contribution is -0.130. The predicted molar refractivity (Wildman–Crippen MR) is 121 cm³/mol. The molecule has 1 aliphatic rings. The Morgan fingerprint density at radius 1 is 1.13 bits per heavy atom. The number of likely N-dealkylation sites (N-methyl/N-ethyl adjacent to an activating group) is 1. The van der Waals surface area contributed by atoms with Gasteiger partial charge in [0.05, 0.1) is 5.75 Å². The highest BCUT2D eigenvalue weighted by atomic mass is 32.2. The summed E-state index contributed by atoms with van der Waals surface area (Å²) in [5.74, 6) is 0.732. The maximum absolute atomic E-state index is 13.4. The highest BCUT2D eigenvalue weighted by Gasteiger charge is 2.25. The van der Waals surface area contributed by atoms with E-state index in [2.05, 4.69) is 29.2 Å². The summed E-state index contributed by atoms with van der Waals surface area (Å²) in [7, 11) is 4.12. The number of hydrogen-bond donors (Lipinski definition) is 0. The molecule has 0 saturated carbocycles. The van der Waals surface area contributed by atoms with Crippen LogP contribution in [0.5, 0.6) is 0 Å². The van der Waals surface area contributed by atoms with Crippen molar-refractivity contribution in [3.63, 3.8) is 0 Å². The first-order valence-electron chi connectivity index (χ1n) is 10.4. The number of halogens is 1. The number of rotatable bonds is 6. The minimum atomic E-state index is -0.299. The van der Waals surface area contributed by atoms with Crippen molar-refractivity contribution in [3.05, 3.63) is 60.4 Å². The van der Waals surface area contributed by atoms with Gasteiger partial charge in [0, 0.05) is 30.4 Å². The summed E-state index contributed by atoms with van der Waals surface area (Å²) in [6.07, 6.45) is 2.14. The molecule has 1 saturated heterocycles. The van der Waals surface area contributed by atoms with Gasteiger partial charge in [0.25, 0.3) is 0 Å². The summed E-state index contributed by atoms with van der Waals surface area (Å²) in [5.41, 5.74) is 1.66. The second-order valence-corrected chi connectivity index (χ2v) is 8.81. The number of amides is 1. The van der Waals surface area contributed by atoms with Gasteiger partial charge in [0.15, 0.2) is 11.0 Å². The number of hydrogen-bond acceptors (Lipinski definition) is 5. The van der Waals surface area contributed by atoms with Crippen molar-refractivity contribution in [1.29, 1.82) is 0 Å². The van der Waals surface area contributed by atoms with E-state index in [1.165, 1.54) is 23.9 Å². The molecule has 0 N–H and O–H groups in total. The molecule has 1 aliphatic heterocycles. The van der Waals surface area contributed by atoms with E-state index in [0.29, 0.717) is 22.8 Å². The summed E-state index contributed by atoms with van der Waals surface area (Å²) in [4.78, 5) is 17.0. The average Bonchev–Trinajstić information content (AvgIpc) is 3.22. The number of benzene rings is 2. The lowest BCUT2D eigenvalue weighted by Crippen LogP contribution is -2.48. The molecule has 0 bridgehead atoms. The zero-order valence-electron chi connectivity index (χ0n) is 17.7. The van der Waals surface area contributed by atoms with E-state index >= 15 is 0 Å². The largest absolute Gasteiger partial charge is 0.340 e. The van der Waals surface area contributed by atoms with Gasteiger partial charge in [-0.3, -0.25) is 9.36 Å². The molecular formula is C23H26FN5OS. The van der Waals surface area contributed by atoms with Crippen LogP contribution in [-0.4, -0.2) is 69.5 Å². The molecule has 4 rings (SSSR count). The van der Waals surface area contributed by atoms with Gasteiger partial charge >= 0.3 is 0 Å². The van der Waals surface area contributed by atoms with E-state index in [1.807, 2.05) is 39.8 Å². The molecule has 0 radical (unpaired) electrons. The van der Waals surface area contributed by atoms with Crippen molar-refractivity contribution in [2.45, 2.75) is 24.0 Å². The molecule has 0 aliphatic carbocycles. The number of nitrogens with zero attached hydrogens (tertiary/aromatic N) is 5. The van der Waals surface area contributed by atoms with E-state index < -0.39 is 0 Å². The second-order valence-electron chi connectivity index (χ2n) is 7.87. The van der Waals surface area contributed by atoms with Crippen LogP contribution >= 0.6 is 11.8 Å². The summed E-state index contributed by atoms with van der Waals surface area (Å²) < 4.78 is 15.3. The van der Waals surface area contributed by atoms with Crippen molar-refractivity contribution >= 4 is 17.7 Å². The number of thioether (sulfide) groups is 1. The van der Waals surface area contributed by atoms with E-state index in [0.717, 1.165) is 37.2 Å². The molecule has 3 aromatic rings. The maximum atomic E-state index is 13.4. The third kappa shape index (κ3) is 4.97. The van der Waals surface area contributed by atoms with Gasteiger partial charge < -0.3 is 9.80 Å². The number of piperidine rings is 1. The van der Waals surface area contributed by atoms with Crippen molar-refractivity contribution in [2.24, 2.45) is 0 Å². The van der Waals surface area contributed by atoms with Crippen LogP contribution in [0.4, 0.5) is 4.39 Å². The van der Waals surface area contributed by atoms with Gasteiger partial charge in [0.2, 0.25) is 5.91 Å². The number of para-hydroxylation sites is 1. The zero-order valence-corrected chi connectivity index (χ0v) is 18.6. The molecule has 2 aromatic carbocycles. The Hall–Kier alpha value is -2.71. The number of carbonyl (C=O) groups is 1. The first kappa shape index (κ1) is 21.5. The standard InChI is InChI=1S/C23H26FN5OS/c1-27(2)20-9-6-14-28(15-20)21(30)16-31-23-26-25-22(17-10-12-18(24)13-11-17)29(23)19-7-4-3-5-8-19/h3-5,7-8,10-13,20H,6,9,14-16H2,1-2H3. The topological polar surface area (TPSA) is 54.3 Å². The Labute approximate surface area is 186 Å². The summed E-state index contributed by atoms with van der Waals surface area (Å²) in [5, 5.41) is 9.35. The van der Waals surface area contributed by atoms with Gasteiger partial charge in [-0.15, -0.1) is 10.2 Å². The van der Waals surface area contributed by atoms with Crippen LogP contribution in [0, 0.1) is 5.82 Å². The zero-order chi connectivity index (χ0) is 21.8. The average molecular weight is 440 g/mol. The molecule has 1 unspecified atom stereocenters. The molecular weight excluding hydrogens is 413 g/mol. The minimum absolute atomic E-state index is 0.113. The fraction of sp³-hybridized carbons (Fsp3) is 0.348. The Balaban J connectivity index is 1.56. The van der Waals surface area contributed by atoms with Crippen molar-refractivity contribution in [3.8, 4) is 17.1 Å². The molecule has 1 aromatic heterocycles. The quantitative estimate of drug-likeness (QED) is 0.548. The third-order valence-electron chi connectivity index (χ3n) is 5.55. The van der Waals surface area contributed by atoms with Gasteiger partial charge in [-0.25, -0.2) is 4.39 Å². The van der Waals surface area contributed by atoms with Crippen LogP contribution in [0.25, 0.3) is 17.1 Å². The van der Waals surface area contributed by atoms with Crippen molar-refractivity contribution < 1.29 is 9.18 Å². The molecule has 6 nitrogen and oxygen atoms in total. The smallest absolute Gasteiger partial charge is 0.233 e. The fourth-order valence-corrected chi connectivity index (χ4v) is 4.63. The normalized spacial score (nSPS) is 16.6. The summed E-state index contributed by atoms with van der Waals surface area (Å²) in [6, 6.07) is 16.4. The van der Waals surface area contributed by atoms with Gasteiger partial charge in [-0.05, 0) is 63.3 Å². The van der Waals surface area contributed by atoms with Crippen LogP contribution in [-0.2, 0) is 4.79 Å². The maximum Gasteiger partial charge on any atom is 0.233 e. The monoisotopic (exact) mass is 439 g/mol. The highest BCUT2D eigenvalue weighted by molar-refractivity contribution is 7.99. The van der Waals surface area contributed by atoms with Crippen LogP contribution in [0.15, 0.2) is 59.8 Å². The SMILES string of the molecule is CN(C)C1CCCN(C(=O)CSc2nnc(-c3ccc(F)cc3)n2-c2ccccc2)C1. The molecule has 0 spiro atoms. The molecule has 162 valence electrons. The molecule has 1 atom stereocenters. The van der Waals surface area contributed by atoms with Crippen LogP contribution in [0.1, 0.15) is 12.8 Å². The van der Waals surface area contributed by atoms with E-state index in [1.54, 1.807) is 12.1 Å². The Bertz CT molecular complexity index is 1020. The third-order valence-corrected chi connectivity index (χ3v) is 6.47. The number of likely N-dealkylation sites (tertiary alicyclic amines) is 1. The summed E-state index contributed by atoms with van der Waals surface area (Å²) in [6.45, 7) is 1.56.